The van der Waals surface area contributed by atoms with Gasteiger partial charge in [0.15, 0.2) is 0 Å². The minimum atomic E-state index is 0.0357. The fourth-order valence-corrected chi connectivity index (χ4v) is 4.17. The lowest BCUT2D eigenvalue weighted by atomic mass is 9.89. The van der Waals surface area contributed by atoms with E-state index in [9.17, 15) is 4.79 Å². The van der Waals surface area contributed by atoms with Crippen molar-refractivity contribution >= 4 is 17.5 Å². The van der Waals surface area contributed by atoms with Gasteiger partial charge in [0.05, 0.1) is 11.6 Å². The topological polar surface area (TPSA) is 72.8 Å². The molecule has 0 unspecified atom stereocenters. The zero-order chi connectivity index (χ0) is 22.4. The molecular weight excluding hydrogens is 408 g/mol. The monoisotopic (exact) mass is 434 g/mol. The minimum Gasteiger partial charge on any atom is -0.339 e. The van der Waals surface area contributed by atoms with Crippen molar-refractivity contribution in [2.24, 2.45) is 0 Å². The number of piperidine rings is 1. The largest absolute Gasteiger partial charge is 0.339 e. The summed E-state index contributed by atoms with van der Waals surface area (Å²) in [5.41, 5.74) is 4.06. The molecule has 1 saturated heterocycles. The zero-order valence-corrected chi connectivity index (χ0v) is 18.9. The first-order chi connectivity index (χ1) is 15.0. The van der Waals surface area contributed by atoms with Gasteiger partial charge in [-0.05, 0) is 55.5 Å². The third-order valence-electron chi connectivity index (χ3n) is 5.45. The Bertz CT molecular complexity index is 1070. The van der Waals surface area contributed by atoms with Gasteiger partial charge < -0.3 is 9.88 Å². The van der Waals surface area contributed by atoms with Crippen molar-refractivity contribution in [1.82, 2.24) is 14.9 Å². The molecule has 5 nitrogen and oxygen atoms in total. The van der Waals surface area contributed by atoms with Crippen LogP contribution in [0.3, 0.4) is 0 Å². The van der Waals surface area contributed by atoms with Gasteiger partial charge in [-0.1, -0.05) is 49.7 Å². The molecule has 6 heteroatoms. The number of amides is 1. The lowest BCUT2D eigenvalue weighted by molar-refractivity contribution is 0.0713. The lowest BCUT2D eigenvalue weighted by Crippen LogP contribution is -2.37. The number of carbonyl (C=O) groups is 1. The summed E-state index contributed by atoms with van der Waals surface area (Å²) >= 11 is 6.22. The number of aryl methyl sites for hydroxylation is 1. The second kappa shape index (κ2) is 10.3. The number of aromatic amines is 1. The molecule has 1 aliphatic heterocycles. The van der Waals surface area contributed by atoms with E-state index in [4.69, 9.17) is 16.9 Å². The first kappa shape index (κ1) is 22.6. The SMILES string of the molecule is CC.Cc1nc(-c2cccc(C(=O)N3CCC(c4ccc(C#N)cc4)CC3)c2)c(Cl)[nH]1. The summed E-state index contributed by atoms with van der Waals surface area (Å²) in [7, 11) is 0. The zero-order valence-electron chi connectivity index (χ0n) is 18.2. The van der Waals surface area contributed by atoms with Crippen molar-refractivity contribution in [3.05, 3.63) is 76.2 Å². The maximum Gasteiger partial charge on any atom is 0.253 e. The molecule has 1 N–H and O–H groups in total. The third-order valence-corrected chi connectivity index (χ3v) is 5.73. The van der Waals surface area contributed by atoms with E-state index in [1.165, 1.54) is 5.56 Å². The van der Waals surface area contributed by atoms with Gasteiger partial charge in [0.25, 0.3) is 5.91 Å². The Morgan fingerprint density at radius 1 is 1.16 bits per heavy atom. The predicted octanol–water partition coefficient (Wildman–Crippen LogP) is 5.96. The molecule has 2 heterocycles. The number of likely N-dealkylation sites (tertiary alicyclic amines) is 1. The van der Waals surface area contributed by atoms with Gasteiger partial charge in [-0.25, -0.2) is 4.98 Å². The van der Waals surface area contributed by atoms with E-state index in [1.807, 2.05) is 74.2 Å². The molecule has 4 rings (SSSR count). The van der Waals surface area contributed by atoms with Gasteiger partial charge >= 0.3 is 0 Å². The van der Waals surface area contributed by atoms with E-state index in [-0.39, 0.29) is 5.91 Å². The smallest absolute Gasteiger partial charge is 0.253 e. The number of hydrogen-bond acceptors (Lipinski definition) is 3. The van der Waals surface area contributed by atoms with E-state index in [0.717, 1.165) is 37.3 Å². The summed E-state index contributed by atoms with van der Waals surface area (Å²) < 4.78 is 0. The van der Waals surface area contributed by atoms with Gasteiger partial charge in [0.2, 0.25) is 0 Å². The number of hydrogen-bond donors (Lipinski definition) is 1. The van der Waals surface area contributed by atoms with Gasteiger partial charge in [-0.2, -0.15) is 5.26 Å². The van der Waals surface area contributed by atoms with Crippen LogP contribution in [-0.4, -0.2) is 33.9 Å². The normalized spacial score (nSPS) is 13.8. The first-order valence-corrected chi connectivity index (χ1v) is 11.0. The molecule has 0 spiro atoms. The summed E-state index contributed by atoms with van der Waals surface area (Å²) in [4.78, 5) is 22.3. The molecule has 0 radical (unpaired) electrons. The van der Waals surface area contributed by atoms with E-state index < -0.39 is 0 Å². The number of halogens is 1. The van der Waals surface area contributed by atoms with Gasteiger partial charge in [-0.3, -0.25) is 4.79 Å². The average molecular weight is 435 g/mol. The van der Waals surface area contributed by atoms with Crippen molar-refractivity contribution < 1.29 is 4.79 Å². The van der Waals surface area contributed by atoms with Crippen molar-refractivity contribution in [2.45, 2.75) is 39.5 Å². The average Bonchev–Trinajstić information content (AvgIpc) is 3.18. The number of carbonyl (C=O) groups excluding carboxylic acids is 1. The van der Waals surface area contributed by atoms with Crippen molar-refractivity contribution in [3.63, 3.8) is 0 Å². The number of rotatable bonds is 3. The van der Waals surface area contributed by atoms with Crippen LogP contribution in [0.5, 0.6) is 0 Å². The van der Waals surface area contributed by atoms with Crippen LogP contribution in [0.2, 0.25) is 5.15 Å². The summed E-state index contributed by atoms with van der Waals surface area (Å²) in [5, 5.41) is 9.43. The van der Waals surface area contributed by atoms with Crippen molar-refractivity contribution in [2.75, 3.05) is 13.1 Å². The highest BCUT2D eigenvalue weighted by Crippen LogP contribution is 2.30. The standard InChI is InChI=1S/C23H21ClN4O.C2H6/c1-15-26-21(22(24)27-15)19-3-2-4-20(13-19)23(29)28-11-9-18(10-12-28)17-7-5-16(14-25)6-8-17;1-2/h2-8,13,18H,9-12H2,1H3,(H,26,27);1-2H3. The Labute approximate surface area is 188 Å². The van der Waals surface area contributed by atoms with Crippen molar-refractivity contribution in [3.8, 4) is 17.3 Å². The Morgan fingerprint density at radius 3 is 2.42 bits per heavy atom. The van der Waals surface area contributed by atoms with Crippen LogP contribution in [0.4, 0.5) is 0 Å². The quantitative estimate of drug-likeness (QED) is 0.553. The molecule has 31 heavy (non-hydrogen) atoms. The van der Waals surface area contributed by atoms with Crippen LogP contribution in [0, 0.1) is 18.3 Å². The second-order valence-corrected chi connectivity index (χ2v) is 7.74. The maximum atomic E-state index is 13.0. The van der Waals surface area contributed by atoms with E-state index in [1.54, 1.807) is 0 Å². The first-order valence-electron chi connectivity index (χ1n) is 10.7. The van der Waals surface area contributed by atoms with Gasteiger partial charge in [0, 0.05) is 24.2 Å². The summed E-state index contributed by atoms with van der Waals surface area (Å²) in [6.45, 7) is 7.29. The molecule has 1 fully saturated rings. The maximum absolute atomic E-state index is 13.0. The molecule has 1 amide bonds. The summed E-state index contributed by atoms with van der Waals surface area (Å²) in [5.74, 6) is 1.20. The molecular formula is C25H27ClN4O. The minimum absolute atomic E-state index is 0.0357. The number of H-pyrrole nitrogens is 1. The number of imidazole rings is 1. The Morgan fingerprint density at radius 2 is 1.84 bits per heavy atom. The molecule has 1 aromatic heterocycles. The Hall–Kier alpha value is -3.10. The van der Waals surface area contributed by atoms with Crippen LogP contribution >= 0.6 is 11.6 Å². The van der Waals surface area contributed by atoms with Crippen LogP contribution < -0.4 is 0 Å². The number of aromatic nitrogens is 2. The number of nitrogens with one attached hydrogen (secondary N) is 1. The summed E-state index contributed by atoms with van der Waals surface area (Å²) in [6.07, 6.45) is 1.84. The fourth-order valence-electron chi connectivity index (χ4n) is 3.88. The number of nitriles is 1. The van der Waals surface area contributed by atoms with Crippen LogP contribution in [-0.2, 0) is 0 Å². The molecule has 2 aromatic carbocycles. The molecule has 1 aliphatic rings. The van der Waals surface area contributed by atoms with Crippen molar-refractivity contribution in [1.29, 1.82) is 5.26 Å². The molecule has 0 bridgehead atoms. The summed E-state index contributed by atoms with van der Waals surface area (Å²) in [6, 6.07) is 17.4. The van der Waals surface area contributed by atoms with E-state index in [0.29, 0.717) is 27.9 Å². The molecule has 3 aromatic rings. The van der Waals surface area contributed by atoms with Crippen LogP contribution in [0.15, 0.2) is 48.5 Å². The van der Waals surface area contributed by atoms with Gasteiger partial charge in [0.1, 0.15) is 16.7 Å². The van der Waals surface area contributed by atoms with Gasteiger partial charge in [-0.15, -0.1) is 0 Å². The highest BCUT2D eigenvalue weighted by molar-refractivity contribution is 6.31. The highest BCUT2D eigenvalue weighted by atomic mass is 35.5. The third kappa shape index (κ3) is 5.15. The predicted molar refractivity (Wildman–Crippen MR) is 124 cm³/mol. The molecule has 160 valence electrons. The van der Waals surface area contributed by atoms with E-state index >= 15 is 0 Å². The Balaban J connectivity index is 0.00000132. The second-order valence-electron chi connectivity index (χ2n) is 7.37. The van der Waals surface area contributed by atoms with E-state index in [2.05, 4.69) is 16.0 Å². The molecule has 0 aliphatic carbocycles. The lowest BCUT2D eigenvalue weighted by Gasteiger charge is -2.32. The van der Waals surface area contributed by atoms with Crippen LogP contribution in [0.25, 0.3) is 11.3 Å². The Kier molecular flexibility index (Phi) is 7.49. The van der Waals surface area contributed by atoms with Crippen LogP contribution in [0.1, 0.15) is 59.9 Å². The highest BCUT2D eigenvalue weighted by Gasteiger charge is 2.25. The molecule has 0 atom stereocenters. The number of nitrogens with zero attached hydrogens (tertiary/aromatic N) is 3. The molecule has 0 saturated carbocycles. The fraction of sp³-hybridized carbons (Fsp3) is 0.320. The number of benzene rings is 2.